The monoisotopic (exact) mass is 257 g/mol. The van der Waals surface area contributed by atoms with Crippen LogP contribution in [-0.4, -0.2) is 10.7 Å². The number of hydrogen-bond acceptors (Lipinski definition) is 4. The molecule has 0 aromatic heterocycles. The number of ketones is 1. The van der Waals surface area contributed by atoms with E-state index in [4.69, 9.17) is 4.74 Å². The highest BCUT2D eigenvalue weighted by Gasteiger charge is 2.15. The van der Waals surface area contributed by atoms with Crippen LogP contribution in [-0.2, 0) is 0 Å². The van der Waals surface area contributed by atoms with Crippen molar-refractivity contribution < 1.29 is 14.5 Å². The van der Waals surface area contributed by atoms with Crippen molar-refractivity contribution in [2.75, 3.05) is 0 Å². The number of Topliss-reactive ketones (excluding diaryl/α,β-unsaturated/α-hetero) is 1. The third-order valence-corrected chi connectivity index (χ3v) is 2.52. The van der Waals surface area contributed by atoms with Gasteiger partial charge in [-0.1, -0.05) is 18.2 Å². The molecule has 96 valence electrons. The Morgan fingerprint density at radius 1 is 1.16 bits per heavy atom. The van der Waals surface area contributed by atoms with Crippen molar-refractivity contribution in [3.05, 3.63) is 64.2 Å². The minimum Gasteiger partial charge on any atom is -0.457 e. The topological polar surface area (TPSA) is 69.4 Å². The summed E-state index contributed by atoms with van der Waals surface area (Å²) in [6.45, 7) is 1.34. The lowest BCUT2D eigenvalue weighted by Crippen LogP contribution is -1.99. The molecule has 19 heavy (non-hydrogen) atoms. The molecule has 0 spiro atoms. The Hall–Kier alpha value is -2.69. The minimum atomic E-state index is -0.543. The van der Waals surface area contributed by atoms with Gasteiger partial charge in [0.2, 0.25) is 0 Å². The summed E-state index contributed by atoms with van der Waals surface area (Å²) < 4.78 is 5.56. The van der Waals surface area contributed by atoms with Crippen LogP contribution in [0.5, 0.6) is 11.5 Å². The van der Waals surface area contributed by atoms with Crippen LogP contribution >= 0.6 is 0 Å². The van der Waals surface area contributed by atoms with Crippen LogP contribution in [0.3, 0.4) is 0 Å². The average molecular weight is 257 g/mol. The fourth-order valence-corrected chi connectivity index (χ4v) is 1.61. The number of benzene rings is 2. The quantitative estimate of drug-likeness (QED) is 0.476. The number of nitrogens with zero attached hydrogens (tertiary/aromatic N) is 1. The Kier molecular flexibility index (Phi) is 3.56. The molecule has 0 saturated heterocycles. The molecule has 0 radical (unpaired) electrons. The molecule has 0 atom stereocenters. The highest BCUT2D eigenvalue weighted by molar-refractivity contribution is 5.97. The van der Waals surface area contributed by atoms with Crippen molar-refractivity contribution in [3.8, 4) is 11.5 Å². The van der Waals surface area contributed by atoms with Gasteiger partial charge in [0.25, 0.3) is 5.69 Å². The van der Waals surface area contributed by atoms with E-state index in [1.807, 2.05) is 6.07 Å². The van der Waals surface area contributed by atoms with Crippen LogP contribution in [0.2, 0.25) is 0 Å². The molecule has 0 unspecified atom stereocenters. The van der Waals surface area contributed by atoms with Crippen LogP contribution < -0.4 is 4.74 Å². The number of nitro groups is 1. The Balaban J connectivity index is 2.40. The fourth-order valence-electron chi connectivity index (χ4n) is 1.61. The van der Waals surface area contributed by atoms with E-state index in [1.165, 1.54) is 25.1 Å². The van der Waals surface area contributed by atoms with Gasteiger partial charge in [0.05, 0.1) is 10.5 Å². The molecule has 0 aliphatic carbocycles. The number of nitro benzene ring substituents is 1. The molecule has 0 aliphatic rings. The van der Waals surface area contributed by atoms with Crippen LogP contribution in [0.25, 0.3) is 0 Å². The van der Waals surface area contributed by atoms with Crippen molar-refractivity contribution in [2.24, 2.45) is 0 Å². The van der Waals surface area contributed by atoms with Crippen LogP contribution in [0.1, 0.15) is 17.3 Å². The number of carbonyl (C=O) groups is 1. The maximum Gasteiger partial charge on any atom is 0.270 e. The molecule has 2 aromatic rings. The van der Waals surface area contributed by atoms with Gasteiger partial charge in [0.1, 0.15) is 11.5 Å². The summed E-state index contributed by atoms with van der Waals surface area (Å²) in [4.78, 5) is 21.7. The van der Waals surface area contributed by atoms with Crippen LogP contribution in [0.4, 0.5) is 5.69 Å². The van der Waals surface area contributed by atoms with Gasteiger partial charge in [-0.2, -0.15) is 0 Å². The van der Waals surface area contributed by atoms with Crippen molar-refractivity contribution in [3.63, 3.8) is 0 Å². The van der Waals surface area contributed by atoms with Gasteiger partial charge in [0, 0.05) is 12.1 Å². The molecule has 2 aromatic carbocycles. The number of rotatable bonds is 4. The van der Waals surface area contributed by atoms with E-state index in [-0.39, 0.29) is 17.0 Å². The van der Waals surface area contributed by atoms with Gasteiger partial charge in [-0.05, 0) is 25.1 Å². The third-order valence-electron chi connectivity index (χ3n) is 2.52. The summed E-state index contributed by atoms with van der Waals surface area (Å²) in [6, 6.07) is 12.9. The second-order valence-electron chi connectivity index (χ2n) is 3.91. The van der Waals surface area contributed by atoms with Gasteiger partial charge in [-0.15, -0.1) is 0 Å². The molecule has 0 bridgehead atoms. The maximum absolute atomic E-state index is 11.5. The molecule has 0 aliphatic heterocycles. The summed E-state index contributed by atoms with van der Waals surface area (Å²) in [6.07, 6.45) is 0. The fraction of sp³-hybridized carbons (Fsp3) is 0.0714. The van der Waals surface area contributed by atoms with E-state index in [1.54, 1.807) is 24.3 Å². The largest absolute Gasteiger partial charge is 0.457 e. The SMILES string of the molecule is CC(=O)c1cc([N+](=O)[O-])ccc1Oc1ccccc1. The van der Waals surface area contributed by atoms with Crippen molar-refractivity contribution in [2.45, 2.75) is 6.92 Å². The van der Waals surface area contributed by atoms with Crippen LogP contribution in [0, 0.1) is 10.1 Å². The summed E-state index contributed by atoms with van der Waals surface area (Å²) >= 11 is 0. The summed E-state index contributed by atoms with van der Waals surface area (Å²) in [7, 11) is 0. The van der Waals surface area contributed by atoms with E-state index in [0.29, 0.717) is 11.5 Å². The number of hydrogen-bond donors (Lipinski definition) is 0. The first-order valence-electron chi connectivity index (χ1n) is 5.60. The Morgan fingerprint density at radius 3 is 2.42 bits per heavy atom. The lowest BCUT2D eigenvalue weighted by Gasteiger charge is -2.08. The average Bonchev–Trinajstić information content (AvgIpc) is 2.39. The molecule has 5 heteroatoms. The van der Waals surface area contributed by atoms with Crippen molar-refractivity contribution in [1.29, 1.82) is 0 Å². The molecule has 0 N–H and O–H groups in total. The molecular formula is C14H11NO4. The third kappa shape index (κ3) is 2.95. The Labute approximate surface area is 109 Å². The van der Waals surface area contributed by atoms with E-state index in [2.05, 4.69) is 0 Å². The first kappa shape index (κ1) is 12.8. The summed E-state index contributed by atoms with van der Waals surface area (Å²) in [5.74, 6) is 0.595. The van der Waals surface area contributed by atoms with E-state index in [0.717, 1.165) is 0 Å². The van der Waals surface area contributed by atoms with E-state index < -0.39 is 4.92 Å². The smallest absolute Gasteiger partial charge is 0.270 e. The lowest BCUT2D eigenvalue weighted by atomic mass is 10.1. The highest BCUT2D eigenvalue weighted by atomic mass is 16.6. The number of ether oxygens (including phenoxy) is 1. The summed E-state index contributed by atoms with van der Waals surface area (Å²) in [5.41, 5.74) is 0.0589. The minimum absolute atomic E-state index is 0.134. The first-order chi connectivity index (χ1) is 9.08. The van der Waals surface area contributed by atoms with Gasteiger partial charge < -0.3 is 4.74 Å². The molecule has 0 saturated carbocycles. The molecule has 0 amide bonds. The first-order valence-corrected chi connectivity index (χ1v) is 5.60. The number of carbonyl (C=O) groups excluding carboxylic acids is 1. The molecule has 2 rings (SSSR count). The molecule has 0 heterocycles. The standard InChI is InChI=1S/C14H11NO4/c1-10(16)13-9-11(15(17)18)7-8-14(13)19-12-5-3-2-4-6-12/h2-9H,1H3. The number of para-hydroxylation sites is 1. The van der Waals surface area contributed by atoms with Gasteiger partial charge >= 0.3 is 0 Å². The second-order valence-corrected chi connectivity index (χ2v) is 3.91. The normalized spacial score (nSPS) is 9.95. The van der Waals surface area contributed by atoms with Crippen LogP contribution in [0.15, 0.2) is 48.5 Å². The molecule has 0 fully saturated rings. The van der Waals surface area contributed by atoms with Crippen molar-refractivity contribution in [1.82, 2.24) is 0 Å². The second kappa shape index (κ2) is 5.30. The molecule has 5 nitrogen and oxygen atoms in total. The maximum atomic E-state index is 11.5. The van der Waals surface area contributed by atoms with Gasteiger partial charge in [-0.25, -0.2) is 0 Å². The predicted octanol–water partition coefficient (Wildman–Crippen LogP) is 3.59. The zero-order valence-electron chi connectivity index (χ0n) is 10.2. The zero-order valence-corrected chi connectivity index (χ0v) is 10.2. The molecular weight excluding hydrogens is 246 g/mol. The Morgan fingerprint density at radius 2 is 1.84 bits per heavy atom. The zero-order chi connectivity index (χ0) is 13.8. The lowest BCUT2D eigenvalue weighted by molar-refractivity contribution is -0.384. The van der Waals surface area contributed by atoms with Gasteiger partial charge in [0.15, 0.2) is 5.78 Å². The van der Waals surface area contributed by atoms with E-state index >= 15 is 0 Å². The number of non-ortho nitro benzene ring substituents is 1. The summed E-state index contributed by atoms with van der Waals surface area (Å²) in [5, 5.41) is 10.7. The Bertz CT molecular complexity index is 623. The highest BCUT2D eigenvalue weighted by Crippen LogP contribution is 2.28. The predicted molar refractivity (Wildman–Crippen MR) is 69.6 cm³/mol. The van der Waals surface area contributed by atoms with E-state index in [9.17, 15) is 14.9 Å². The van der Waals surface area contributed by atoms with Crippen molar-refractivity contribution >= 4 is 11.5 Å². The van der Waals surface area contributed by atoms with Gasteiger partial charge in [-0.3, -0.25) is 14.9 Å².